The molecule has 0 amide bonds. The lowest BCUT2D eigenvalue weighted by atomic mass is 10.1. The number of hydrogen-bond donors (Lipinski definition) is 0. The molecule has 0 atom stereocenters. The van der Waals surface area contributed by atoms with Gasteiger partial charge in [-0.1, -0.05) is 28.0 Å². The third-order valence-electron chi connectivity index (χ3n) is 2.55. The number of aromatic nitrogens is 2. The van der Waals surface area contributed by atoms with Crippen LogP contribution in [0.3, 0.4) is 0 Å². The van der Waals surface area contributed by atoms with Gasteiger partial charge in [0, 0.05) is 10.9 Å². The summed E-state index contributed by atoms with van der Waals surface area (Å²) < 4.78 is 11.5. The fourth-order valence-corrected chi connectivity index (χ4v) is 2.26. The Morgan fingerprint density at radius 2 is 2.26 bits per heavy atom. The highest BCUT2D eigenvalue weighted by Gasteiger charge is 2.11. The summed E-state index contributed by atoms with van der Waals surface area (Å²) in [6.45, 7) is 3.98. The van der Waals surface area contributed by atoms with Crippen LogP contribution < -0.4 is 4.74 Å². The van der Waals surface area contributed by atoms with Gasteiger partial charge in [-0.2, -0.15) is 4.98 Å². The van der Waals surface area contributed by atoms with Gasteiger partial charge in [-0.15, -0.1) is 0 Å². The number of carbonyl (C=O) groups is 1. The third kappa shape index (κ3) is 3.20. The monoisotopic (exact) mass is 324 g/mol. The van der Waals surface area contributed by atoms with E-state index >= 15 is 0 Å². The Labute approximate surface area is 119 Å². The first-order valence-corrected chi connectivity index (χ1v) is 6.63. The summed E-state index contributed by atoms with van der Waals surface area (Å²) in [7, 11) is 0. The minimum Gasteiger partial charge on any atom is -0.484 e. The molecule has 0 N–H and O–H groups in total. The van der Waals surface area contributed by atoms with Gasteiger partial charge in [0.25, 0.3) is 0 Å². The molecular weight excluding hydrogens is 312 g/mol. The van der Waals surface area contributed by atoms with Crippen molar-refractivity contribution in [1.82, 2.24) is 10.1 Å². The van der Waals surface area contributed by atoms with Crippen molar-refractivity contribution in [3.63, 3.8) is 0 Å². The number of rotatable bonds is 5. The quantitative estimate of drug-likeness (QED) is 0.791. The summed E-state index contributed by atoms with van der Waals surface area (Å²) in [5.41, 5.74) is 1.36. The molecule has 5 nitrogen and oxygen atoms in total. The van der Waals surface area contributed by atoms with Gasteiger partial charge in [-0.3, -0.25) is 4.79 Å². The molecular formula is C13H13BrN2O3. The molecule has 0 spiro atoms. The van der Waals surface area contributed by atoms with E-state index in [1.54, 1.807) is 6.07 Å². The molecule has 1 aromatic heterocycles. The van der Waals surface area contributed by atoms with Crippen molar-refractivity contribution in [3.05, 3.63) is 39.4 Å². The summed E-state index contributed by atoms with van der Waals surface area (Å²) in [5, 5.41) is 3.80. The number of aryl methyl sites for hydroxylation is 2. The SMILES string of the molecule is CCc1nc(COc2c(C)cc(Br)cc2C=O)no1. The van der Waals surface area contributed by atoms with Crippen LogP contribution in [0.15, 0.2) is 21.1 Å². The number of hydrogen-bond acceptors (Lipinski definition) is 5. The van der Waals surface area contributed by atoms with Crippen molar-refractivity contribution >= 4 is 22.2 Å². The molecule has 0 saturated carbocycles. The summed E-state index contributed by atoms with van der Waals surface area (Å²) >= 11 is 3.34. The van der Waals surface area contributed by atoms with Crippen LogP contribution in [-0.4, -0.2) is 16.4 Å². The van der Waals surface area contributed by atoms with Crippen molar-refractivity contribution in [2.24, 2.45) is 0 Å². The third-order valence-corrected chi connectivity index (χ3v) is 3.01. The predicted molar refractivity (Wildman–Crippen MR) is 72.3 cm³/mol. The molecule has 0 unspecified atom stereocenters. The zero-order valence-electron chi connectivity index (χ0n) is 10.6. The number of carbonyl (C=O) groups excluding carboxylic acids is 1. The molecule has 0 fully saturated rings. The highest BCUT2D eigenvalue weighted by Crippen LogP contribution is 2.27. The number of halogens is 1. The molecule has 0 radical (unpaired) electrons. The van der Waals surface area contributed by atoms with Gasteiger partial charge < -0.3 is 9.26 Å². The zero-order valence-corrected chi connectivity index (χ0v) is 12.2. The Bertz CT molecular complexity index is 596. The van der Waals surface area contributed by atoms with E-state index in [9.17, 15) is 4.79 Å². The van der Waals surface area contributed by atoms with Gasteiger partial charge in [0.2, 0.25) is 11.7 Å². The number of aldehydes is 1. The molecule has 100 valence electrons. The van der Waals surface area contributed by atoms with E-state index in [2.05, 4.69) is 26.1 Å². The van der Waals surface area contributed by atoms with Gasteiger partial charge in [0.05, 0.1) is 5.56 Å². The van der Waals surface area contributed by atoms with Crippen LogP contribution in [0, 0.1) is 6.92 Å². The smallest absolute Gasteiger partial charge is 0.226 e. The molecule has 6 heteroatoms. The molecule has 0 aliphatic heterocycles. The maximum Gasteiger partial charge on any atom is 0.226 e. The van der Waals surface area contributed by atoms with Crippen LogP contribution >= 0.6 is 15.9 Å². The van der Waals surface area contributed by atoms with Crippen molar-refractivity contribution in [3.8, 4) is 5.75 Å². The van der Waals surface area contributed by atoms with Crippen molar-refractivity contribution in [2.75, 3.05) is 0 Å². The topological polar surface area (TPSA) is 65.2 Å². The first-order valence-electron chi connectivity index (χ1n) is 5.83. The lowest BCUT2D eigenvalue weighted by Crippen LogP contribution is -2.02. The second-order valence-corrected chi connectivity index (χ2v) is 4.92. The Balaban J connectivity index is 2.17. The Hall–Kier alpha value is -1.69. The first kappa shape index (κ1) is 13.7. The first-order chi connectivity index (χ1) is 9.13. The normalized spacial score (nSPS) is 10.5. The number of nitrogens with zero attached hydrogens (tertiary/aromatic N) is 2. The van der Waals surface area contributed by atoms with E-state index in [1.807, 2.05) is 19.9 Å². The fourth-order valence-electron chi connectivity index (χ4n) is 1.67. The van der Waals surface area contributed by atoms with Crippen LogP contribution in [0.2, 0.25) is 0 Å². The van der Waals surface area contributed by atoms with Gasteiger partial charge >= 0.3 is 0 Å². The molecule has 0 bridgehead atoms. The average Bonchev–Trinajstić information content (AvgIpc) is 2.84. The van der Waals surface area contributed by atoms with Crippen LogP contribution in [0.25, 0.3) is 0 Å². The summed E-state index contributed by atoms with van der Waals surface area (Å²) in [4.78, 5) is 15.2. The number of benzene rings is 1. The predicted octanol–water partition coefficient (Wildman–Crippen LogP) is 3.09. The van der Waals surface area contributed by atoms with Gasteiger partial charge in [0.15, 0.2) is 12.9 Å². The standard InChI is InChI=1S/C13H13BrN2O3/c1-3-12-15-11(16-19-12)7-18-13-8(2)4-10(14)5-9(13)6-17/h4-6H,3,7H2,1-2H3. The maximum atomic E-state index is 11.0. The molecule has 1 aromatic carbocycles. The molecule has 0 saturated heterocycles. The maximum absolute atomic E-state index is 11.0. The van der Waals surface area contributed by atoms with E-state index in [-0.39, 0.29) is 6.61 Å². The average molecular weight is 325 g/mol. The van der Waals surface area contributed by atoms with Crippen molar-refractivity contribution < 1.29 is 14.1 Å². The lowest BCUT2D eigenvalue weighted by Gasteiger charge is -2.10. The van der Waals surface area contributed by atoms with E-state index < -0.39 is 0 Å². The van der Waals surface area contributed by atoms with Gasteiger partial charge in [-0.05, 0) is 24.6 Å². The van der Waals surface area contributed by atoms with E-state index in [1.165, 1.54) is 0 Å². The highest BCUT2D eigenvalue weighted by atomic mass is 79.9. The van der Waals surface area contributed by atoms with Crippen LogP contribution in [-0.2, 0) is 13.0 Å². The van der Waals surface area contributed by atoms with E-state index in [4.69, 9.17) is 9.26 Å². The molecule has 2 aromatic rings. The van der Waals surface area contributed by atoms with E-state index in [0.29, 0.717) is 29.4 Å². The molecule has 1 heterocycles. The molecule has 19 heavy (non-hydrogen) atoms. The highest BCUT2D eigenvalue weighted by molar-refractivity contribution is 9.10. The minimum atomic E-state index is 0.173. The van der Waals surface area contributed by atoms with Crippen molar-refractivity contribution in [1.29, 1.82) is 0 Å². The Morgan fingerprint density at radius 3 is 2.89 bits per heavy atom. The minimum absolute atomic E-state index is 0.173. The Kier molecular flexibility index (Phi) is 4.31. The van der Waals surface area contributed by atoms with E-state index in [0.717, 1.165) is 16.3 Å². The summed E-state index contributed by atoms with van der Waals surface area (Å²) in [5.74, 6) is 1.58. The summed E-state index contributed by atoms with van der Waals surface area (Å²) in [6.07, 6.45) is 1.45. The molecule has 2 rings (SSSR count). The van der Waals surface area contributed by atoms with Crippen LogP contribution in [0.4, 0.5) is 0 Å². The lowest BCUT2D eigenvalue weighted by molar-refractivity contribution is 0.111. The summed E-state index contributed by atoms with van der Waals surface area (Å²) in [6, 6.07) is 3.60. The zero-order chi connectivity index (χ0) is 13.8. The number of ether oxygens (including phenoxy) is 1. The van der Waals surface area contributed by atoms with Crippen LogP contribution in [0.1, 0.15) is 34.6 Å². The fraction of sp³-hybridized carbons (Fsp3) is 0.308. The van der Waals surface area contributed by atoms with Crippen molar-refractivity contribution in [2.45, 2.75) is 26.9 Å². The second kappa shape index (κ2) is 5.97. The van der Waals surface area contributed by atoms with Crippen LogP contribution in [0.5, 0.6) is 5.75 Å². The second-order valence-electron chi connectivity index (χ2n) is 4.01. The van der Waals surface area contributed by atoms with Gasteiger partial charge in [-0.25, -0.2) is 0 Å². The molecule has 0 aliphatic rings. The molecule has 0 aliphatic carbocycles. The van der Waals surface area contributed by atoms with Gasteiger partial charge in [0.1, 0.15) is 5.75 Å². The largest absolute Gasteiger partial charge is 0.484 e. The Morgan fingerprint density at radius 1 is 1.47 bits per heavy atom.